The molecule has 0 bridgehead atoms. The molecule has 0 spiro atoms. The minimum Gasteiger partial charge on any atom is -0.316 e. The highest BCUT2D eigenvalue weighted by Gasteiger charge is 2.30. The van der Waals surface area contributed by atoms with E-state index < -0.39 is 0 Å². The van der Waals surface area contributed by atoms with Gasteiger partial charge in [-0.05, 0) is 48.4 Å². The molecule has 1 aliphatic heterocycles. The molecule has 1 aromatic rings. The number of allylic oxidation sites excluding steroid dienone is 1. The molecule has 2 atom stereocenters. The Kier molecular flexibility index (Phi) is 2.70. The third kappa shape index (κ3) is 1.99. The monoisotopic (exact) mass is 224 g/mol. The molecule has 0 radical (unpaired) electrons. The van der Waals surface area contributed by atoms with Gasteiger partial charge in [-0.25, -0.2) is 0 Å². The van der Waals surface area contributed by atoms with Gasteiger partial charge in [-0.1, -0.05) is 12.0 Å². The number of rotatable bonds is 1. The van der Waals surface area contributed by atoms with E-state index in [0.29, 0.717) is 5.92 Å². The summed E-state index contributed by atoms with van der Waals surface area (Å²) < 4.78 is 0. The average Bonchev–Trinajstić information content (AvgIpc) is 2.82. The van der Waals surface area contributed by atoms with Crippen LogP contribution >= 0.6 is 0 Å². The van der Waals surface area contributed by atoms with E-state index in [1.54, 1.807) is 6.20 Å². The first-order valence-corrected chi connectivity index (χ1v) is 6.20. The fraction of sp³-hybridized carbons (Fsp3) is 0.400. The minimum atomic E-state index is 0.702. The molecule has 2 heterocycles. The van der Waals surface area contributed by atoms with Crippen molar-refractivity contribution in [2.75, 3.05) is 13.1 Å². The van der Waals surface area contributed by atoms with E-state index in [9.17, 15) is 0 Å². The van der Waals surface area contributed by atoms with Gasteiger partial charge in [0.25, 0.3) is 0 Å². The number of fused-ring (bicyclic) bond motifs is 1. The van der Waals surface area contributed by atoms with E-state index >= 15 is 0 Å². The van der Waals surface area contributed by atoms with Crippen molar-refractivity contribution in [1.29, 1.82) is 0 Å². The Morgan fingerprint density at radius 1 is 1.41 bits per heavy atom. The predicted molar refractivity (Wildman–Crippen MR) is 69.2 cm³/mol. The van der Waals surface area contributed by atoms with Crippen molar-refractivity contribution in [1.82, 2.24) is 10.3 Å². The maximum Gasteiger partial charge on any atom is 0.0432 e. The zero-order valence-electron chi connectivity index (χ0n) is 9.82. The quantitative estimate of drug-likeness (QED) is 0.739. The SMILES string of the molecule is C#Cc1cncc(C2=C[C@H]3CNCC[C@H]3C2)c1. The van der Waals surface area contributed by atoms with Gasteiger partial charge in [-0.2, -0.15) is 0 Å². The fourth-order valence-electron chi connectivity index (χ4n) is 2.90. The van der Waals surface area contributed by atoms with Crippen LogP contribution in [0.25, 0.3) is 5.57 Å². The number of hydrogen-bond acceptors (Lipinski definition) is 2. The second-order valence-corrected chi connectivity index (χ2v) is 4.92. The van der Waals surface area contributed by atoms with Gasteiger partial charge in [0.2, 0.25) is 0 Å². The smallest absolute Gasteiger partial charge is 0.0432 e. The number of hydrogen-bond donors (Lipinski definition) is 1. The lowest BCUT2D eigenvalue weighted by molar-refractivity contribution is 0.323. The Balaban J connectivity index is 1.87. The van der Waals surface area contributed by atoms with Gasteiger partial charge in [-0.15, -0.1) is 6.42 Å². The van der Waals surface area contributed by atoms with Crippen LogP contribution in [0.4, 0.5) is 0 Å². The van der Waals surface area contributed by atoms with Crippen molar-refractivity contribution < 1.29 is 0 Å². The van der Waals surface area contributed by atoms with E-state index in [-0.39, 0.29) is 0 Å². The van der Waals surface area contributed by atoms with Gasteiger partial charge in [-0.3, -0.25) is 4.98 Å². The molecule has 0 aromatic carbocycles. The van der Waals surface area contributed by atoms with Gasteiger partial charge in [0.15, 0.2) is 0 Å². The summed E-state index contributed by atoms with van der Waals surface area (Å²) in [6.07, 6.45) is 14.0. The molecule has 1 fully saturated rings. The zero-order chi connectivity index (χ0) is 11.7. The first kappa shape index (κ1) is 10.6. The van der Waals surface area contributed by atoms with Crippen LogP contribution < -0.4 is 5.32 Å². The van der Waals surface area contributed by atoms with E-state index in [0.717, 1.165) is 24.6 Å². The van der Waals surface area contributed by atoms with Crippen LogP contribution in [0.2, 0.25) is 0 Å². The van der Waals surface area contributed by atoms with Crippen molar-refractivity contribution in [3.05, 3.63) is 35.7 Å². The first-order valence-electron chi connectivity index (χ1n) is 6.20. The van der Waals surface area contributed by atoms with Crippen molar-refractivity contribution in [3.63, 3.8) is 0 Å². The molecule has 3 rings (SSSR count). The topological polar surface area (TPSA) is 24.9 Å². The van der Waals surface area contributed by atoms with Crippen LogP contribution in [0.15, 0.2) is 24.5 Å². The Morgan fingerprint density at radius 2 is 2.35 bits per heavy atom. The van der Waals surface area contributed by atoms with Crippen molar-refractivity contribution >= 4 is 5.57 Å². The minimum absolute atomic E-state index is 0.702. The van der Waals surface area contributed by atoms with Crippen molar-refractivity contribution in [2.24, 2.45) is 11.8 Å². The summed E-state index contributed by atoms with van der Waals surface area (Å²) in [6.45, 7) is 2.28. The Labute approximate surface area is 102 Å². The van der Waals surface area contributed by atoms with Crippen LogP contribution in [0, 0.1) is 24.2 Å². The van der Waals surface area contributed by atoms with Gasteiger partial charge >= 0.3 is 0 Å². The van der Waals surface area contributed by atoms with E-state index in [1.165, 1.54) is 24.0 Å². The summed E-state index contributed by atoms with van der Waals surface area (Å²) in [4.78, 5) is 4.22. The predicted octanol–water partition coefficient (Wildman–Crippen LogP) is 2.08. The lowest BCUT2D eigenvalue weighted by atomic mass is 9.89. The van der Waals surface area contributed by atoms with Gasteiger partial charge in [0.05, 0.1) is 0 Å². The number of nitrogens with one attached hydrogen (secondary N) is 1. The molecule has 0 unspecified atom stereocenters. The second kappa shape index (κ2) is 4.35. The molecule has 2 nitrogen and oxygen atoms in total. The van der Waals surface area contributed by atoms with E-state index in [2.05, 4.69) is 28.4 Å². The Bertz CT molecular complexity index is 496. The second-order valence-electron chi connectivity index (χ2n) is 4.92. The zero-order valence-corrected chi connectivity index (χ0v) is 9.82. The summed E-state index contributed by atoms with van der Waals surface area (Å²) in [7, 11) is 0. The number of piperidine rings is 1. The molecule has 1 aromatic heterocycles. The molecule has 86 valence electrons. The normalized spacial score (nSPS) is 27.1. The molecule has 1 saturated heterocycles. The number of aromatic nitrogens is 1. The first-order chi connectivity index (χ1) is 8.36. The summed E-state index contributed by atoms with van der Waals surface area (Å²) in [6, 6.07) is 2.07. The number of terminal acetylenes is 1. The Hall–Kier alpha value is -1.59. The summed E-state index contributed by atoms with van der Waals surface area (Å²) >= 11 is 0. The van der Waals surface area contributed by atoms with E-state index in [4.69, 9.17) is 6.42 Å². The molecular weight excluding hydrogens is 208 g/mol. The third-order valence-electron chi connectivity index (χ3n) is 3.85. The van der Waals surface area contributed by atoms with Gasteiger partial charge < -0.3 is 5.32 Å². The molecule has 2 heteroatoms. The lowest BCUT2D eigenvalue weighted by Gasteiger charge is -2.25. The number of pyridine rings is 1. The largest absolute Gasteiger partial charge is 0.316 e. The standard InChI is InChI=1S/C15H16N2/c1-2-11-5-14(10-17-8-11)13-6-12-3-4-16-9-15(12)7-13/h1,5,7-8,10,12,15-16H,3-4,6,9H2/t12-,15-/m0/s1. The van der Waals surface area contributed by atoms with Crippen LogP contribution in [-0.4, -0.2) is 18.1 Å². The molecule has 1 N–H and O–H groups in total. The van der Waals surface area contributed by atoms with Crippen molar-refractivity contribution in [2.45, 2.75) is 12.8 Å². The fourth-order valence-corrected chi connectivity index (χ4v) is 2.90. The average molecular weight is 224 g/mol. The summed E-state index contributed by atoms with van der Waals surface area (Å²) in [5, 5.41) is 3.46. The Morgan fingerprint density at radius 3 is 3.18 bits per heavy atom. The third-order valence-corrected chi connectivity index (χ3v) is 3.85. The maximum absolute atomic E-state index is 5.41. The highest BCUT2D eigenvalue weighted by Crippen LogP contribution is 2.39. The highest BCUT2D eigenvalue weighted by molar-refractivity contribution is 5.68. The summed E-state index contributed by atoms with van der Waals surface area (Å²) in [5.41, 5.74) is 3.50. The molecule has 1 aliphatic carbocycles. The number of nitrogens with zero attached hydrogens (tertiary/aromatic N) is 1. The molecular formula is C15H16N2. The molecule has 2 aliphatic rings. The van der Waals surface area contributed by atoms with Gasteiger partial charge in [0.1, 0.15) is 0 Å². The molecule has 0 saturated carbocycles. The molecule has 0 amide bonds. The van der Waals surface area contributed by atoms with Gasteiger partial charge in [0, 0.05) is 24.5 Å². The van der Waals surface area contributed by atoms with Crippen LogP contribution in [-0.2, 0) is 0 Å². The molecule has 17 heavy (non-hydrogen) atoms. The van der Waals surface area contributed by atoms with Crippen molar-refractivity contribution in [3.8, 4) is 12.3 Å². The van der Waals surface area contributed by atoms with Crippen LogP contribution in [0.1, 0.15) is 24.0 Å². The highest BCUT2D eigenvalue weighted by atomic mass is 14.9. The van der Waals surface area contributed by atoms with Crippen LogP contribution in [0.3, 0.4) is 0 Å². The maximum atomic E-state index is 5.41. The summed E-state index contributed by atoms with van der Waals surface area (Å²) in [5.74, 6) is 4.17. The lowest BCUT2D eigenvalue weighted by Crippen LogP contribution is -2.33. The van der Waals surface area contributed by atoms with Crippen LogP contribution in [0.5, 0.6) is 0 Å². The van der Waals surface area contributed by atoms with E-state index in [1.807, 2.05) is 6.20 Å².